The van der Waals surface area contributed by atoms with Crippen LogP contribution in [0.15, 0.2) is 48.8 Å². The van der Waals surface area contributed by atoms with Crippen molar-refractivity contribution in [2.75, 3.05) is 11.9 Å². The number of carbonyl (C=O) groups excluding carboxylic acids is 2. The van der Waals surface area contributed by atoms with Crippen LogP contribution in [0.3, 0.4) is 0 Å². The molecule has 0 aliphatic heterocycles. The molecular formula is C23H22FN3O3S. The van der Waals surface area contributed by atoms with E-state index in [4.69, 9.17) is 4.74 Å². The van der Waals surface area contributed by atoms with E-state index >= 15 is 0 Å². The van der Waals surface area contributed by atoms with Gasteiger partial charge in [0.2, 0.25) is 0 Å². The quantitative estimate of drug-likeness (QED) is 0.581. The van der Waals surface area contributed by atoms with Gasteiger partial charge >= 0.3 is 0 Å². The van der Waals surface area contributed by atoms with Crippen molar-refractivity contribution in [2.24, 2.45) is 0 Å². The van der Waals surface area contributed by atoms with Crippen molar-refractivity contribution in [3.8, 4) is 5.75 Å². The summed E-state index contributed by atoms with van der Waals surface area (Å²) in [6, 6.07) is 9.18. The van der Waals surface area contributed by atoms with Crippen LogP contribution in [0.2, 0.25) is 0 Å². The standard InChI is InChI=1S/C23H22FN3O3S/c24-16-7-9-17(10-8-16)30-14-20(28)27-23-21(18-5-1-2-6-19(18)31-23)22(29)26-13-15-4-3-11-25-12-15/h3-4,7-12H,1-2,5-6,13-14H2,(H,26,29)(H,27,28). The van der Waals surface area contributed by atoms with Gasteiger partial charge in [-0.05, 0) is 67.1 Å². The van der Waals surface area contributed by atoms with Crippen molar-refractivity contribution in [1.29, 1.82) is 0 Å². The molecule has 1 aliphatic rings. The minimum Gasteiger partial charge on any atom is -0.484 e. The summed E-state index contributed by atoms with van der Waals surface area (Å²) in [5.74, 6) is -0.554. The largest absolute Gasteiger partial charge is 0.484 e. The highest BCUT2D eigenvalue weighted by molar-refractivity contribution is 7.17. The van der Waals surface area contributed by atoms with E-state index in [9.17, 15) is 14.0 Å². The molecule has 1 aromatic carbocycles. The number of hydrogen-bond acceptors (Lipinski definition) is 5. The third-order valence-corrected chi connectivity index (χ3v) is 6.22. The number of amides is 2. The Balaban J connectivity index is 1.46. The fourth-order valence-electron chi connectivity index (χ4n) is 3.51. The molecule has 3 aromatic rings. The SMILES string of the molecule is O=C(COc1ccc(F)cc1)Nc1sc2c(c1C(=O)NCc1cccnc1)CCCC2. The highest BCUT2D eigenvalue weighted by atomic mass is 32.1. The van der Waals surface area contributed by atoms with Crippen LogP contribution in [-0.2, 0) is 24.2 Å². The van der Waals surface area contributed by atoms with E-state index in [2.05, 4.69) is 15.6 Å². The Bertz CT molecular complexity index is 1070. The van der Waals surface area contributed by atoms with Crippen molar-refractivity contribution >= 4 is 28.2 Å². The van der Waals surface area contributed by atoms with Crippen LogP contribution in [0.25, 0.3) is 0 Å². The lowest BCUT2D eigenvalue weighted by molar-refractivity contribution is -0.118. The average molecular weight is 440 g/mol. The smallest absolute Gasteiger partial charge is 0.262 e. The second kappa shape index (κ2) is 9.70. The number of benzene rings is 1. The van der Waals surface area contributed by atoms with Crippen LogP contribution in [0.5, 0.6) is 5.75 Å². The third-order valence-electron chi connectivity index (χ3n) is 5.01. The lowest BCUT2D eigenvalue weighted by Crippen LogP contribution is -2.26. The summed E-state index contributed by atoms with van der Waals surface area (Å²) in [5, 5.41) is 6.32. The van der Waals surface area contributed by atoms with E-state index in [1.54, 1.807) is 12.4 Å². The van der Waals surface area contributed by atoms with E-state index in [1.807, 2.05) is 12.1 Å². The lowest BCUT2D eigenvalue weighted by Gasteiger charge is -2.13. The molecule has 0 radical (unpaired) electrons. The zero-order valence-corrected chi connectivity index (χ0v) is 17.6. The molecule has 0 saturated heterocycles. The molecule has 6 nitrogen and oxygen atoms in total. The number of aryl methyl sites for hydroxylation is 1. The predicted molar refractivity (Wildman–Crippen MR) is 117 cm³/mol. The zero-order chi connectivity index (χ0) is 21.6. The number of pyridine rings is 1. The topological polar surface area (TPSA) is 80.3 Å². The first-order chi connectivity index (χ1) is 15.1. The maximum atomic E-state index is 13.0. The van der Waals surface area contributed by atoms with Crippen LogP contribution in [-0.4, -0.2) is 23.4 Å². The number of nitrogens with one attached hydrogen (secondary N) is 2. The summed E-state index contributed by atoms with van der Waals surface area (Å²) in [5.41, 5.74) is 2.46. The molecule has 2 N–H and O–H groups in total. The number of thiophene rings is 1. The van der Waals surface area contributed by atoms with Crippen molar-refractivity contribution in [2.45, 2.75) is 32.2 Å². The Kier molecular flexibility index (Phi) is 6.57. The van der Waals surface area contributed by atoms with Gasteiger partial charge in [-0.3, -0.25) is 14.6 Å². The molecule has 0 saturated carbocycles. The van der Waals surface area contributed by atoms with E-state index in [0.29, 0.717) is 22.9 Å². The minimum atomic E-state index is -0.372. The first-order valence-electron chi connectivity index (χ1n) is 10.1. The van der Waals surface area contributed by atoms with Crippen LogP contribution in [0.4, 0.5) is 9.39 Å². The van der Waals surface area contributed by atoms with Crippen molar-refractivity contribution in [3.05, 3.63) is 76.2 Å². The Morgan fingerprint density at radius 1 is 1.13 bits per heavy atom. The molecule has 2 amide bonds. The van der Waals surface area contributed by atoms with Crippen molar-refractivity contribution < 1.29 is 18.7 Å². The number of aromatic nitrogens is 1. The van der Waals surface area contributed by atoms with Crippen molar-refractivity contribution in [3.63, 3.8) is 0 Å². The summed E-state index contributed by atoms with van der Waals surface area (Å²) in [6.07, 6.45) is 7.22. The van der Waals surface area contributed by atoms with E-state index in [0.717, 1.165) is 41.7 Å². The summed E-state index contributed by atoms with van der Waals surface area (Å²) in [6.45, 7) is 0.128. The van der Waals surface area contributed by atoms with Gasteiger partial charge in [0.25, 0.3) is 11.8 Å². The molecule has 4 rings (SSSR count). The fourth-order valence-corrected chi connectivity index (χ4v) is 4.81. The summed E-state index contributed by atoms with van der Waals surface area (Å²) in [4.78, 5) is 30.7. The summed E-state index contributed by atoms with van der Waals surface area (Å²) < 4.78 is 18.4. The molecule has 160 valence electrons. The second-order valence-corrected chi connectivity index (χ2v) is 8.35. The van der Waals surface area contributed by atoms with Crippen LogP contribution >= 0.6 is 11.3 Å². The van der Waals surface area contributed by atoms with Gasteiger partial charge in [-0.15, -0.1) is 11.3 Å². The molecular weight excluding hydrogens is 417 g/mol. The number of hydrogen-bond donors (Lipinski definition) is 2. The van der Waals surface area contributed by atoms with Gasteiger partial charge in [0.1, 0.15) is 16.6 Å². The Hall–Kier alpha value is -3.26. The van der Waals surface area contributed by atoms with Crippen LogP contribution < -0.4 is 15.4 Å². The molecule has 0 unspecified atom stereocenters. The molecule has 1 aliphatic carbocycles. The maximum Gasteiger partial charge on any atom is 0.262 e. The highest BCUT2D eigenvalue weighted by Gasteiger charge is 2.26. The molecule has 2 heterocycles. The second-order valence-electron chi connectivity index (χ2n) is 7.25. The molecule has 0 spiro atoms. The van der Waals surface area contributed by atoms with Crippen molar-refractivity contribution in [1.82, 2.24) is 10.3 Å². The number of nitrogens with zero attached hydrogens (tertiary/aromatic N) is 1. The Morgan fingerprint density at radius 3 is 2.71 bits per heavy atom. The molecule has 0 fully saturated rings. The number of carbonyl (C=O) groups is 2. The number of fused-ring (bicyclic) bond motifs is 1. The van der Waals surface area contributed by atoms with Crippen LogP contribution in [0.1, 0.15) is 39.2 Å². The number of halogens is 1. The number of rotatable bonds is 7. The molecule has 31 heavy (non-hydrogen) atoms. The van der Waals surface area contributed by atoms with Gasteiger partial charge in [0.15, 0.2) is 6.61 Å². The fraction of sp³-hybridized carbons (Fsp3) is 0.261. The minimum absolute atomic E-state index is 0.210. The average Bonchev–Trinajstić information content (AvgIpc) is 3.15. The van der Waals surface area contributed by atoms with Crippen LogP contribution in [0, 0.1) is 5.82 Å². The molecule has 0 bridgehead atoms. The van der Waals surface area contributed by atoms with E-state index in [-0.39, 0.29) is 24.2 Å². The molecule has 8 heteroatoms. The van der Waals surface area contributed by atoms with Gasteiger partial charge < -0.3 is 15.4 Å². The van der Waals surface area contributed by atoms with Gasteiger partial charge in [-0.25, -0.2) is 4.39 Å². The summed E-state index contributed by atoms with van der Waals surface area (Å²) in [7, 11) is 0. The zero-order valence-electron chi connectivity index (χ0n) is 16.8. The monoisotopic (exact) mass is 439 g/mol. The Labute approximate surface area is 183 Å². The highest BCUT2D eigenvalue weighted by Crippen LogP contribution is 2.38. The normalized spacial score (nSPS) is 12.7. The van der Waals surface area contributed by atoms with E-state index in [1.165, 1.54) is 35.6 Å². The number of anilines is 1. The Morgan fingerprint density at radius 2 is 1.94 bits per heavy atom. The van der Waals surface area contributed by atoms with Gasteiger partial charge in [0.05, 0.1) is 5.56 Å². The van der Waals surface area contributed by atoms with Gasteiger partial charge in [-0.1, -0.05) is 6.07 Å². The third kappa shape index (κ3) is 5.27. The molecule has 0 atom stereocenters. The first-order valence-corrected chi connectivity index (χ1v) is 10.9. The maximum absolute atomic E-state index is 13.0. The van der Waals surface area contributed by atoms with E-state index < -0.39 is 0 Å². The predicted octanol–water partition coefficient (Wildman–Crippen LogP) is 4.11. The molecule has 2 aromatic heterocycles. The summed E-state index contributed by atoms with van der Waals surface area (Å²) >= 11 is 1.45. The van der Waals surface area contributed by atoms with Gasteiger partial charge in [-0.2, -0.15) is 0 Å². The van der Waals surface area contributed by atoms with Gasteiger partial charge in [0, 0.05) is 23.8 Å². The first kappa shape index (κ1) is 21.0. The lowest BCUT2D eigenvalue weighted by atomic mass is 9.95. The number of ether oxygens (including phenoxy) is 1.